The molecule has 3 fully saturated rings. The van der Waals surface area contributed by atoms with Crippen molar-refractivity contribution in [3.63, 3.8) is 0 Å². The van der Waals surface area contributed by atoms with Crippen LogP contribution < -0.4 is 18.9 Å². The summed E-state index contributed by atoms with van der Waals surface area (Å²) in [7, 11) is 2.51. The van der Waals surface area contributed by atoms with Crippen molar-refractivity contribution in [3.8, 4) is 57.3 Å². The molecule has 7 rings (SSSR count). The van der Waals surface area contributed by atoms with E-state index in [-0.39, 0.29) is 45.3 Å². The lowest BCUT2D eigenvalue weighted by Gasteiger charge is -2.43. The molecule has 0 amide bonds. The van der Waals surface area contributed by atoms with Crippen LogP contribution in [0, 0.1) is 0 Å². The summed E-state index contributed by atoms with van der Waals surface area (Å²) in [5.41, 5.74) is 0.108. The third-order valence-electron chi connectivity index (χ3n) is 11.4. The number of aliphatic hydroxyl groups excluding tert-OH is 9. The Bertz CT molecular complexity index is 2450. The quantitative estimate of drug-likeness (QED) is 0.0302. The first kappa shape index (κ1) is 50.0. The van der Waals surface area contributed by atoms with Crippen LogP contribution in [-0.4, -0.2) is 192 Å². The molecule has 4 heterocycles. The van der Waals surface area contributed by atoms with E-state index in [1.807, 2.05) is 0 Å². The number of carbonyl (C=O) groups excluding carboxylic acids is 1. The van der Waals surface area contributed by atoms with E-state index in [1.54, 1.807) is 0 Å². The SMILES string of the molecule is COc1cc(C=CC(=O)O[C@@H]2[C@@H](O)[C@H](Oc3cc4c(O[C@@H]5O[C@H](CO)[C@@H](O)[C@H](O)[C@H]5O)cc(O)cc4[o+]c3-c3cc(O)c(O)c(OC)c3)O[C@H](CO[C@@H]3O[C@@H](C)[C@H](O)[C@@H](O)[C@H]3O)[C@H]2O)ccc1O. The Morgan fingerprint density at radius 2 is 1.32 bits per heavy atom. The molecule has 0 unspecified atom stereocenters. The molecule has 4 aromatic rings. The summed E-state index contributed by atoms with van der Waals surface area (Å²) in [6.07, 6.45) is -23.6. The van der Waals surface area contributed by atoms with Gasteiger partial charge >= 0.3 is 17.3 Å². The molecule has 13 N–H and O–H groups in total. The highest BCUT2D eigenvalue weighted by Crippen LogP contribution is 2.46. The van der Waals surface area contributed by atoms with Gasteiger partial charge in [0.15, 0.2) is 41.5 Å². The molecule has 0 radical (unpaired) electrons. The smallest absolute Gasteiger partial charge is 0.402 e. The molecule has 3 aliphatic heterocycles. The molecule has 0 spiro atoms. The van der Waals surface area contributed by atoms with Crippen LogP contribution in [0.2, 0.25) is 0 Å². The van der Waals surface area contributed by atoms with Gasteiger partial charge in [-0.25, -0.2) is 9.21 Å². The summed E-state index contributed by atoms with van der Waals surface area (Å²) in [4.78, 5) is 13.3. The van der Waals surface area contributed by atoms with Crippen LogP contribution in [0.3, 0.4) is 0 Å². The van der Waals surface area contributed by atoms with E-state index in [0.29, 0.717) is 5.56 Å². The molecule has 3 aliphatic rings. The minimum absolute atomic E-state index is 0.0729. The van der Waals surface area contributed by atoms with E-state index in [9.17, 15) is 71.2 Å². The van der Waals surface area contributed by atoms with E-state index >= 15 is 0 Å². The standard InChI is InChI=1S/C44H50O24/c1-16-31(50)35(54)37(56)42(62-16)61-15-29-34(53)41(68-30(49)7-5-17-4-6-21(47)25(8-17)59-2)39(58)44(67-29)65-27-13-20-23(63-40(27)18-9-22(48)32(51)26(10-18)60-3)11-19(46)12-24(20)64-43-38(57)36(55)33(52)28(14-45)66-43/h4-13,16,28-29,31,33-39,41-45,50,52-58H,14-15H2,1-3H3,(H3-,46,47,48,49,51)/p+1/t16-,28+,29+,31-,33+,34+,35+,36-,37+,38+,39+,41-,42+,43+,44+/m0/s1. The van der Waals surface area contributed by atoms with Crippen molar-refractivity contribution in [2.75, 3.05) is 27.4 Å². The zero-order valence-electron chi connectivity index (χ0n) is 36.2. The fourth-order valence-electron chi connectivity index (χ4n) is 7.60. The number of aromatic hydroxyl groups is 4. The average molecular weight is 964 g/mol. The van der Waals surface area contributed by atoms with Gasteiger partial charge in [0, 0.05) is 30.3 Å². The van der Waals surface area contributed by atoms with Crippen LogP contribution in [0.25, 0.3) is 28.4 Å². The Morgan fingerprint density at radius 1 is 0.662 bits per heavy atom. The number of hydrogen-bond donors (Lipinski definition) is 13. The van der Waals surface area contributed by atoms with Gasteiger partial charge in [0.25, 0.3) is 0 Å². The second kappa shape index (κ2) is 20.8. The number of carbonyl (C=O) groups is 1. The maximum Gasteiger partial charge on any atom is 0.402 e. The number of fused-ring (bicyclic) bond motifs is 1. The predicted molar refractivity (Wildman–Crippen MR) is 225 cm³/mol. The molecule has 24 nitrogen and oxygen atoms in total. The molecule has 1 aromatic heterocycles. The third kappa shape index (κ3) is 10.3. The second-order valence-electron chi connectivity index (χ2n) is 16.0. The fourth-order valence-corrected chi connectivity index (χ4v) is 7.60. The lowest BCUT2D eigenvalue weighted by atomic mass is 9.98. The number of benzene rings is 3. The van der Waals surface area contributed by atoms with Crippen LogP contribution >= 0.6 is 0 Å². The van der Waals surface area contributed by atoms with E-state index in [0.717, 1.165) is 24.3 Å². The molecule has 3 aromatic carbocycles. The molecule has 370 valence electrons. The highest BCUT2D eigenvalue weighted by molar-refractivity contribution is 5.89. The van der Waals surface area contributed by atoms with Gasteiger partial charge in [-0.3, -0.25) is 0 Å². The van der Waals surface area contributed by atoms with Crippen molar-refractivity contribution < 1.29 is 118 Å². The van der Waals surface area contributed by atoms with Crippen LogP contribution in [0.1, 0.15) is 12.5 Å². The van der Waals surface area contributed by atoms with E-state index in [4.69, 9.17) is 47.0 Å². The highest BCUT2D eigenvalue weighted by atomic mass is 16.7. The number of hydrogen-bond acceptors (Lipinski definition) is 23. The van der Waals surface area contributed by atoms with Crippen molar-refractivity contribution >= 4 is 23.0 Å². The van der Waals surface area contributed by atoms with Gasteiger partial charge in [0.1, 0.15) is 71.8 Å². The molecule has 0 aliphatic carbocycles. The average Bonchev–Trinajstić information content (AvgIpc) is 3.32. The number of phenols is 4. The predicted octanol–water partition coefficient (Wildman–Crippen LogP) is -1.31. The van der Waals surface area contributed by atoms with Crippen molar-refractivity contribution in [1.29, 1.82) is 0 Å². The van der Waals surface area contributed by atoms with Crippen LogP contribution in [0.15, 0.2) is 59.0 Å². The summed E-state index contributed by atoms with van der Waals surface area (Å²) in [6.45, 7) is -0.109. The van der Waals surface area contributed by atoms with Gasteiger partial charge in [-0.15, -0.1) is 0 Å². The maximum atomic E-state index is 13.3. The fraction of sp³-hybridized carbons (Fsp3) is 0.455. The van der Waals surface area contributed by atoms with Gasteiger partial charge in [-0.2, -0.15) is 0 Å². The first-order valence-electron chi connectivity index (χ1n) is 20.8. The molecule has 15 atom stereocenters. The Morgan fingerprint density at radius 3 is 2.03 bits per heavy atom. The Hall–Kier alpha value is -5.84. The minimum Gasteiger partial charge on any atom is -0.507 e. The molecule has 68 heavy (non-hydrogen) atoms. The molecule has 24 heteroatoms. The largest absolute Gasteiger partial charge is 0.507 e. The number of ether oxygens (including phenoxy) is 9. The zero-order chi connectivity index (χ0) is 49.3. The van der Waals surface area contributed by atoms with Crippen molar-refractivity contribution in [3.05, 3.63) is 60.2 Å². The minimum atomic E-state index is -2.09. The van der Waals surface area contributed by atoms with Crippen LogP contribution in [0.5, 0.6) is 46.0 Å². The summed E-state index contributed by atoms with van der Waals surface area (Å²) < 4.78 is 57.0. The molecular weight excluding hydrogens is 912 g/mol. The van der Waals surface area contributed by atoms with Crippen molar-refractivity contribution in [2.45, 2.75) is 99.0 Å². The van der Waals surface area contributed by atoms with Gasteiger partial charge in [0.05, 0.1) is 45.2 Å². The lowest BCUT2D eigenvalue weighted by Crippen LogP contribution is -2.62. The number of phenolic OH excluding ortho intramolecular Hbond substituents is 4. The van der Waals surface area contributed by atoms with E-state index in [2.05, 4.69) is 0 Å². The van der Waals surface area contributed by atoms with Gasteiger partial charge in [-0.1, -0.05) is 6.07 Å². The summed E-state index contributed by atoms with van der Waals surface area (Å²) in [5.74, 6) is -4.37. The monoisotopic (exact) mass is 963 g/mol. The molecule has 0 bridgehead atoms. The third-order valence-corrected chi connectivity index (χ3v) is 11.4. The Balaban J connectivity index is 1.28. The van der Waals surface area contributed by atoms with E-state index < -0.39 is 134 Å². The topological polar surface area (TPSA) is 374 Å². The molecule has 3 saturated heterocycles. The summed E-state index contributed by atoms with van der Waals surface area (Å²) >= 11 is 0. The first-order valence-corrected chi connectivity index (χ1v) is 20.8. The van der Waals surface area contributed by atoms with Crippen LogP contribution in [0.4, 0.5) is 0 Å². The van der Waals surface area contributed by atoms with Gasteiger partial charge in [0.2, 0.25) is 24.1 Å². The molecular formula is C44H51O24+. The molecule has 0 saturated carbocycles. The lowest BCUT2D eigenvalue weighted by molar-refractivity contribution is -0.319. The Labute approximate surface area is 384 Å². The van der Waals surface area contributed by atoms with Crippen LogP contribution in [-0.2, 0) is 28.5 Å². The van der Waals surface area contributed by atoms with Crippen molar-refractivity contribution in [2.24, 2.45) is 0 Å². The second-order valence-corrected chi connectivity index (χ2v) is 16.0. The number of methoxy groups -OCH3 is 2. The summed E-state index contributed by atoms with van der Waals surface area (Å²) in [6, 6.07) is 9.77. The van der Waals surface area contributed by atoms with Crippen molar-refractivity contribution in [1.82, 2.24) is 0 Å². The number of esters is 1. The summed E-state index contributed by atoms with van der Waals surface area (Å²) in [5, 5.41) is 138. The maximum absolute atomic E-state index is 13.3. The first-order chi connectivity index (χ1) is 32.3. The number of rotatable bonds is 14. The van der Waals surface area contributed by atoms with E-state index in [1.165, 1.54) is 57.6 Å². The zero-order valence-corrected chi connectivity index (χ0v) is 36.2. The number of aliphatic hydroxyl groups is 9. The van der Waals surface area contributed by atoms with Gasteiger partial charge in [-0.05, 0) is 30.7 Å². The normalized spacial score (nSPS) is 31.9. The Kier molecular flexibility index (Phi) is 15.3. The highest BCUT2D eigenvalue weighted by Gasteiger charge is 2.51. The van der Waals surface area contributed by atoms with Gasteiger partial charge < -0.3 is 109 Å².